The summed E-state index contributed by atoms with van der Waals surface area (Å²) in [5.41, 5.74) is 5.58. The highest BCUT2D eigenvalue weighted by Crippen LogP contribution is 2.26. The van der Waals surface area contributed by atoms with Gasteiger partial charge in [0, 0.05) is 89.4 Å². The van der Waals surface area contributed by atoms with Crippen LogP contribution in [0.25, 0.3) is 0 Å². The van der Waals surface area contributed by atoms with Crippen LogP contribution in [0, 0.1) is 11.8 Å². The van der Waals surface area contributed by atoms with Crippen LogP contribution in [0.3, 0.4) is 0 Å². The van der Waals surface area contributed by atoms with Crippen LogP contribution in [0.2, 0.25) is 0 Å². The van der Waals surface area contributed by atoms with E-state index < -0.39 is 0 Å². The Bertz CT molecular complexity index is 1040. The van der Waals surface area contributed by atoms with E-state index in [1.54, 1.807) is 6.92 Å². The van der Waals surface area contributed by atoms with E-state index in [0.29, 0.717) is 50.1 Å². The molecule has 0 aromatic carbocycles. The largest absolute Gasteiger partial charge is 0.391 e. The van der Waals surface area contributed by atoms with Gasteiger partial charge < -0.3 is 50.8 Å². The molecule has 14 nitrogen and oxygen atoms in total. The van der Waals surface area contributed by atoms with E-state index in [1.165, 1.54) is 0 Å². The van der Waals surface area contributed by atoms with Crippen LogP contribution in [0.4, 0.5) is 0 Å². The molecule has 290 valence electrons. The highest BCUT2D eigenvalue weighted by atomic mass is 35.5. The van der Waals surface area contributed by atoms with Crippen LogP contribution in [0.1, 0.15) is 65.2 Å². The number of nitrogens with zero attached hydrogens (tertiary/aromatic N) is 3. The number of ether oxygens (including phenoxy) is 2. The number of nitrogens with two attached hydrogens (primary N) is 1. The summed E-state index contributed by atoms with van der Waals surface area (Å²) in [7, 11) is 6.12. The first kappa shape index (κ1) is 44.6. The number of fused-ring (bicyclic) bond motifs is 2. The van der Waals surface area contributed by atoms with Gasteiger partial charge in [-0.15, -0.1) is 0 Å². The summed E-state index contributed by atoms with van der Waals surface area (Å²) in [6.45, 7) is 11.8. The van der Waals surface area contributed by atoms with Gasteiger partial charge in [0.2, 0.25) is 11.1 Å². The number of carbonyl (C=O) groups excluding carboxylic acids is 4. The zero-order valence-corrected chi connectivity index (χ0v) is 31.7. The van der Waals surface area contributed by atoms with E-state index in [2.05, 4.69) is 32.4 Å². The third-order valence-electron chi connectivity index (χ3n) is 9.85. The molecule has 0 spiro atoms. The average molecular weight is 733 g/mol. The van der Waals surface area contributed by atoms with E-state index in [0.717, 1.165) is 90.9 Å². The number of halogens is 1. The van der Waals surface area contributed by atoms with Crippen molar-refractivity contribution in [3.8, 4) is 0 Å². The standard InChI is InChI=1S/C9H18N2O2.C9H15NO2.C8H13NO2.C6H14N2O.C3H5ClO/c1-3-9(13)10-7-6-11(2)5-4-8(7)12;1-10-3-2-9-7(5-10)4-8(11)6-12-9;10-7-3-6-4-9-2-1-8(6)11-5-7;1-8-3-2-6(9)5(7)4-8;1-2-3(4)5/h7-8,12H,3-6H2,1-2H3,(H,10,13);7,9H,2-6H2,1H3;6,8-9H,1-5H2;5-6,9H,2-4,7H2,1H3;2H2,1H3. The lowest BCUT2D eigenvalue weighted by molar-refractivity contribution is -0.140. The third kappa shape index (κ3) is 17.3. The summed E-state index contributed by atoms with van der Waals surface area (Å²) >= 11 is 4.82. The van der Waals surface area contributed by atoms with E-state index in [4.69, 9.17) is 31.9 Å². The van der Waals surface area contributed by atoms with E-state index in [1.807, 2.05) is 21.0 Å². The SMILES string of the molecule is CCC(=O)Cl.CCC(=O)NC1CN(C)CCC1O.CN1CCC(O)C(N)C1.CN1CCC2OCC(=O)CC2C1.O=C1COC2CCNCC2C1. The number of Topliss-reactive ketones (excluding diaryl/α,β-unsaturated/α-hetero) is 2. The molecule has 0 radical (unpaired) electrons. The van der Waals surface area contributed by atoms with Crippen LogP contribution < -0.4 is 16.4 Å². The van der Waals surface area contributed by atoms with Crippen molar-refractivity contribution in [2.75, 3.05) is 86.7 Å². The first-order valence-electron chi connectivity index (χ1n) is 18.3. The van der Waals surface area contributed by atoms with Crippen LogP contribution in [0.15, 0.2) is 0 Å². The van der Waals surface area contributed by atoms with Crippen molar-refractivity contribution < 1.29 is 38.9 Å². The Balaban J connectivity index is 0.000000223. The predicted molar refractivity (Wildman–Crippen MR) is 193 cm³/mol. The summed E-state index contributed by atoms with van der Waals surface area (Å²) < 4.78 is 10.9. The van der Waals surface area contributed by atoms with Gasteiger partial charge >= 0.3 is 0 Å². The number of aliphatic hydroxyl groups is 2. The van der Waals surface area contributed by atoms with Gasteiger partial charge in [-0.25, -0.2) is 0 Å². The Morgan fingerprint density at radius 3 is 1.90 bits per heavy atom. The fourth-order valence-electron chi connectivity index (χ4n) is 6.73. The molecule has 0 aliphatic carbocycles. The molecule has 6 aliphatic rings. The minimum absolute atomic E-state index is 0.0133. The maximum Gasteiger partial charge on any atom is 0.221 e. The smallest absolute Gasteiger partial charge is 0.221 e. The number of carbonyl (C=O) groups is 4. The summed E-state index contributed by atoms with van der Waals surface area (Å²) in [6.07, 6.45) is 6.14. The number of hydrogen-bond acceptors (Lipinski definition) is 13. The van der Waals surface area contributed by atoms with Crippen molar-refractivity contribution in [2.45, 2.75) is 102 Å². The molecule has 1 amide bonds. The van der Waals surface area contributed by atoms with E-state index in [9.17, 15) is 24.3 Å². The van der Waals surface area contributed by atoms with E-state index in [-0.39, 0.29) is 47.0 Å². The number of aliphatic hydroxyl groups excluding tert-OH is 2. The number of amides is 1. The van der Waals surface area contributed by atoms with Crippen molar-refractivity contribution in [3.05, 3.63) is 0 Å². The topological polar surface area (TPSA) is 187 Å². The molecule has 6 aliphatic heterocycles. The minimum atomic E-state index is -0.383. The highest BCUT2D eigenvalue weighted by Gasteiger charge is 2.34. The lowest BCUT2D eigenvalue weighted by atomic mass is 9.88. The van der Waals surface area contributed by atoms with Crippen molar-refractivity contribution in [1.82, 2.24) is 25.3 Å². The van der Waals surface area contributed by atoms with Crippen LogP contribution in [-0.2, 0) is 28.7 Å². The summed E-state index contributed by atoms with van der Waals surface area (Å²) in [5, 5.41) is 24.6. The Labute approximate surface area is 304 Å². The van der Waals surface area contributed by atoms with Gasteiger partial charge in [-0.2, -0.15) is 0 Å². The fourth-order valence-corrected chi connectivity index (χ4v) is 6.73. The normalized spacial score (nSPS) is 33.1. The van der Waals surface area contributed by atoms with E-state index >= 15 is 0 Å². The first-order valence-corrected chi connectivity index (χ1v) is 18.7. The zero-order valence-electron chi connectivity index (χ0n) is 31.0. The van der Waals surface area contributed by atoms with Gasteiger partial charge in [-0.3, -0.25) is 19.2 Å². The molecule has 0 bridgehead atoms. The number of hydrogen-bond donors (Lipinski definition) is 5. The highest BCUT2D eigenvalue weighted by molar-refractivity contribution is 6.63. The lowest BCUT2D eigenvalue weighted by Crippen LogP contribution is -2.54. The van der Waals surface area contributed by atoms with Gasteiger partial charge in [0.05, 0.1) is 30.5 Å². The molecular weight excluding hydrogens is 668 g/mol. The Morgan fingerprint density at radius 1 is 0.820 bits per heavy atom. The number of rotatable bonds is 3. The molecule has 0 aromatic rings. The van der Waals surface area contributed by atoms with Crippen molar-refractivity contribution >= 4 is 34.3 Å². The van der Waals surface area contributed by atoms with Crippen LogP contribution >= 0.6 is 11.6 Å². The molecule has 0 aromatic heterocycles. The maximum atomic E-state index is 11.1. The first-order chi connectivity index (χ1) is 23.7. The zero-order chi connectivity index (χ0) is 37.2. The molecule has 6 N–H and O–H groups in total. The predicted octanol–water partition coefficient (Wildman–Crippen LogP) is -0.000500. The molecule has 6 heterocycles. The molecule has 6 saturated heterocycles. The number of likely N-dealkylation sites (tertiary alicyclic amines) is 3. The number of ketones is 2. The minimum Gasteiger partial charge on any atom is -0.391 e. The summed E-state index contributed by atoms with van der Waals surface area (Å²) in [4.78, 5) is 49.3. The number of likely N-dealkylation sites (N-methyl/N-ethyl adjacent to an activating group) is 2. The van der Waals surface area contributed by atoms with Crippen molar-refractivity contribution in [3.63, 3.8) is 0 Å². The van der Waals surface area contributed by atoms with Gasteiger partial charge in [0.25, 0.3) is 0 Å². The van der Waals surface area contributed by atoms with Gasteiger partial charge in [0.15, 0.2) is 11.6 Å². The average Bonchev–Trinajstić information content (AvgIpc) is 3.09. The quantitative estimate of drug-likeness (QED) is 0.245. The second kappa shape index (κ2) is 23.9. The van der Waals surface area contributed by atoms with Crippen LogP contribution in [-0.4, -0.2) is 171 Å². The molecule has 0 saturated carbocycles. The second-order valence-electron chi connectivity index (χ2n) is 14.4. The Hall–Kier alpha value is -1.59. The second-order valence-corrected chi connectivity index (χ2v) is 14.8. The van der Waals surface area contributed by atoms with Gasteiger partial charge in [-0.05, 0) is 65.0 Å². The Kier molecular flexibility index (Phi) is 21.3. The third-order valence-corrected chi connectivity index (χ3v) is 10.1. The van der Waals surface area contributed by atoms with Crippen LogP contribution in [0.5, 0.6) is 0 Å². The molecule has 8 unspecified atom stereocenters. The molecular formula is C35H65ClN6O8. The summed E-state index contributed by atoms with van der Waals surface area (Å²) in [5.74, 6) is 1.45. The maximum absolute atomic E-state index is 11.1. The molecule has 50 heavy (non-hydrogen) atoms. The fraction of sp³-hybridized carbons (Fsp3) is 0.886. The molecule has 6 rings (SSSR count). The summed E-state index contributed by atoms with van der Waals surface area (Å²) in [6, 6.07) is -0.130. The van der Waals surface area contributed by atoms with Crippen molar-refractivity contribution in [1.29, 1.82) is 0 Å². The Morgan fingerprint density at radius 2 is 1.34 bits per heavy atom. The molecule has 8 atom stereocenters. The van der Waals surface area contributed by atoms with Gasteiger partial charge in [0.1, 0.15) is 13.2 Å². The monoisotopic (exact) mass is 732 g/mol. The number of piperidine rings is 4. The number of nitrogens with one attached hydrogen (secondary N) is 2. The molecule has 6 fully saturated rings. The van der Waals surface area contributed by atoms with Gasteiger partial charge in [-0.1, -0.05) is 13.8 Å². The lowest BCUT2D eigenvalue weighted by Gasteiger charge is -2.38. The van der Waals surface area contributed by atoms with Crippen molar-refractivity contribution in [2.24, 2.45) is 17.6 Å². The molecule has 15 heteroatoms.